The lowest BCUT2D eigenvalue weighted by molar-refractivity contribution is 0.0847. The zero-order valence-electron chi connectivity index (χ0n) is 17.1. The number of amides is 2. The Kier molecular flexibility index (Phi) is 6.45. The molecule has 0 unspecified atom stereocenters. The summed E-state index contributed by atoms with van der Waals surface area (Å²) >= 11 is 6.09. The summed E-state index contributed by atoms with van der Waals surface area (Å²) < 4.78 is 28.0. The number of hydrazine groups is 1. The number of hydrogen-bond acceptors (Lipinski definition) is 4. The Labute approximate surface area is 195 Å². The Bertz CT molecular complexity index is 1440. The second-order valence-corrected chi connectivity index (χ2v) is 9.25. The molecule has 1 aromatic heterocycles. The zero-order valence-corrected chi connectivity index (χ0v) is 18.7. The number of hydrogen-bond donors (Lipinski definition) is 4. The van der Waals surface area contributed by atoms with Crippen LogP contribution in [0, 0.1) is 0 Å². The molecule has 8 nitrogen and oxygen atoms in total. The van der Waals surface area contributed by atoms with Crippen molar-refractivity contribution in [1.82, 2.24) is 20.6 Å². The van der Waals surface area contributed by atoms with Gasteiger partial charge in [0.15, 0.2) is 0 Å². The van der Waals surface area contributed by atoms with Crippen molar-refractivity contribution < 1.29 is 18.0 Å². The molecule has 168 valence electrons. The first-order valence-electron chi connectivity index (χ1n) is 9.85. The summed E-state index contributed by atoms with van der Waals surface area (Å²) in [5.41, 5.74) is 6.56. The molecule has 0 atom stereocenters. The number of carbonyl (C=O) groups is 2. The highest BCUT2D eigenvalue weighted by Crippen LogP contribution is 2.23. The van der Waals surface area contributed by atoms with Crippen LogP contribution in [0.5, 0.6) is 0 Å². The number of carbonyl (C=O) groups excluding carboxylic acids is 2. The van der Waals surface area contributed by atoms with Crippen LogP contribution in [0.4, 0.5) is 0 Å². The molecule has 0 spiro atoms. The fourth-order valence-electron chi connectivity index (χ4n) is 3.21. The second-order valence-electron chi connectivity index (χ2n) is 7.11. The van der Waals surface area contributed by atoms with Gasteiger partial charge in [-0.2, -0.15) is 0 Å². The summed E-state index contributed by atoms with van der Waals surface area (Å²) in [6.07, 6.45) is 1.54. The number of aromatic nitrogens is 1. The smallest absolute Gasteiger partial charge is 0.271 e. The number of benzene rings is 3. The standard InChI is InChI=1S/C23H19ClN4O4S/c24-19-11-10-16(12-21(19)33(31,32)26-13-15-6-2-1-3-7-15)22(29)27-28-23(30)18-14-25-20-9-5-4-8-17(18)20/h1-12,14,25-26H,13H2,(H,27,29)(H,28,30). The molecular weight excluding hydrogens is 464 g/mol. The topological polar surface area (TPSA) is 120 Å². The van der Waals surface area contributed by atoms with E-state index < -0.39 is 21.8 Å². The maximum absolute atomic E-state index is 12.7. The van der Waals surface area contributed by atoms with Gasteiger partial charge in [0, 0.05) is 29.2 Å². The van der Waals surface area contributed by atoms with E-state index in [0.717, 1.165) is 17.1 Å². The number of aromatic amines is 1. The first-order chi connectivity index (χ1) is 15.8. The van der Waals surface area contributed by atoms with Gasteiger partial charge in [0.05, 0.1) is 10.6 Å². The molecule has 0 saturated heterocycles. The average molecular weight is 483 g/mol. The molecule has 3 aromatic carbocycles. The van der Waals surface area contributed by atoms with Crippen LogP contribution in [-0.4, -0.2) is 25.2 Å². The van der Waals surface area contributed by atoms with Gasteiger partial charge in [-0.1, -0.05) is 60.1 Å². The van der Waals surface area contributed by atoms with E-state index in [4.69, 9.17) is 11.6 Å². The van der Waals surface area contributed by atoms with Crippen molar-refractivity contribution in [3.63, 3.8) is 0 Å². The fraction of sp³-hybridized carbons (Fsp3) is 0.0435. The van der Waals surface area contributed by atoms with Crippen LogP contribution in [0.1, 0.15) is 26.3 Å². The highest BCUT2D eigenvalue weighted by atomic mass is 35.5. The van der Waals surface area contributed by atoms with E-state index in [0.29, 0.717) is 10.9 Å². The van der Waals surface area contributed by atoms with E-state index in [2.05, 4.69) is 20.6 Å². The van der Waals surface area contributed by atoms with Crippen LogP contribution in [0.15, 0.2) is 83.9 Å². The van der Waals surface area contributed by atoms with E-state index in [9.17, 15) is 18.0 Å². The van der Waals surface area contributed by atoms with Gasteiger partial charge in [-0.25, -0.2) is 13.1 Å². The fourth-order valence-corrected chi connectivity index (χ4v) is 4.76. The van der Waals surface area contributed by atoms with Gasteiger partial charge in [-0.15, -0.1) is 0 Å². The van der Waals surface area contributed by atoms with Crippen LogP contribution in [0.2, 0.25) is 5.02 Å². The molecule has 0 aliphatic carbocycles. The van der Waals surface area contributed by atoms with E-state index >= 15 is 0 Å². The molecule has 2 amide bonds. The Balaban J connectivity index is 1.46. The van der Waals surface area contributed by atoms with Crippen molar-refractivity contribution in [2.75, 3.05) is 0 Å². The van der Waals surface area contributed by atoms with Crippen molar-refractivity contribution in [2.24, 2.45) is 0 Å². The Hall–Kier alpha value is -3.66. The Morgan fingerprint density at radius 2 is 1.58 bits per heavy atom. The molecule has 0 fully saturated rings. The number of rotatable bonds is 6. The largest absolute Gasteiger partial charge is 0.360 e. The van der Waals surface area contributed by atoms with Gasteiger partial charge in [0.1, 0.15) is 4.90 Å². The second kappa shape index (κ2) is 9.45. The number of para-hydroxylation sites is 1. The molecule has 0 radical (unpaired) electrons. The number of H-pyrrole nitrogens is 1. The number of fused-ring (bicyclic) bond motifs is 1. The van der Waals surface area contributed by atoms with Crippen molar-refractivity contribution in [2.45, 2.75) is 11.4 Å². The third kappa shape index (κ3) is 5.06. The third-order valence-electron chi connectivity index (χ3n) is 4.92. The van der Waals surface area contributed by atoms with E-state index in [-0.39, 0.29) is 22.0 Å². The van der Waals surface area contributed by atoms with E-state index in [1.807, 2.05) is 18.2 Å². The number of halogens is 1. The summed E-state index contributed by atoms with van der Waals surface area (Å²) in [5.74, 6) is -1.22. The maximum atomic E-state index is 12.7. The average Bonchev–Trinajstić information content (AvgIpc) is 3.26. The predicted molar refractivity (Wildman–Crippen MR) is 125 cm³/mol. The van der Waals surface area contributed by atoms with Gasteiger partial charge in [0.25, 0.3) is 11.8 Å². The van der Waals surface area contributed by atoms with Gasteiger partial charge in [-0.05, 0) is 29.8 Å². The minimum Gasteiger partial charge on any atom is -0.360 e. The molecule has 0 aliphatic rings. The maximum Gasteiger partial charge on any atom is 0.271 e. The molecule has 10 heteroatoms. The van der Waals surface area contributed by atoms with Gasteiger partial charge in [-0.3, -0.25) is 20.4 Å². The monoisotopic (exact) mass is 482 g/mol. The van der Waals surface area contributed by atoms with Gasteiger partial charge < -0.3 is 4.98 Å². The lowest BCUT2D eigenvalue weighted by atomic mass is 10.2. The summed E-state index contributed by atoms with van der Waals surface area (Å²) in [4.78, 5) is 27.8. The molecular formula is C23H19ClN4O4S. The van der Waals surface area contributed by atoms with Crippen LogP contribution in [0.3, 0.4) is 0 Å². The molecule has 4 N–H and O–H groups in total. The minimum absolute atomic E-state index is 0.0127. The van der Waals surface area contributed by atoms with E-state index in [1.54, 1.807) is 36.4 Å². The first-order valence-corrected chi connectivity index (χ1v) is 11.7. The molecule has 1 heterocycles. The third-order valence-corrected chi connectivity index (χ3v) is 6.80. The Morgan fingerprint density at radius 3 is 2.36 bits per heavy atom. The van der Waals surface area contributed by atoms with Crippen molar-refractivity contribution in [1.29, 1.82) is 0 Å². The predicted octanol–water partition coefficient (Wildman–Crippen LogP) is 3.37. The zero-order chi connectivity index (χ0) is 23.4. The van der Waals surface area contributed by atoms with Crippen molar-refractivity contribution >= 4 is 44.3 Å². The van der Waals surface area contributed by atoms with E-state index in [1.165, 1.54) is 18.3 Å². The van der Waals surface area contributed by atoms with Crippen LogP contribution in [0.25, 0.3) is 10.9 Å². The highest BCUT2D eigenvalue weighted by molar-refractivity contribution is 7.89. The van der Waals surface area contributed by atoms with Crippen LogP contribution in [-0.2, 0) is 16.6 Å². The quantitative estimate of drug-likeness (QED) is 0.315. The Morgan fingerprint density at radius 1 is 0.879 bits per heavy atom. The summed E-state index contributed by atoms with van der Waals surface area (Å²) in [7, 11) is -3.99. The first kappa shape index (κ1) is 22.5. The van der Waals surface area contributed by atoms with Gasteiger partial charge >= 0.3 is 0 Å². The van der Waals surface area contributed by atoms with Crippen LogP contribution < -0.4 is 15.6 Å². The molecule has 33 heavy (non-hydrogen) atoms. The molecule has 0 aliphatic heterocycles. The molecule has 4 aromatic rings. The van der Waals surface area contributed by atoms with Crippen LogP contribution >= 0.6 is 11.6 Å². The number of nitrogens with one attached hydrogen (secondary N) is 4. The molecule has 0 bridgehead atoms. The molecule has 4 rings (SSSR count). The van der Waals surface area contributed by atoms with Crippen molar-refractivity contribution in [3.05, 3.63) is 101 Å². The van der Waals surface area contributed by atoms with Gasteiger partial charge in [0.2, 0.25) is 10.0 Å². The van der Waals surface area contributed by atoms with Crippen molar-refractivity contribution in [3.8, 4) is 0 Å². The molecule has 0 saturated carbocycles. The summed E-state index contributed by atoms with van der Waals surface area (Å²) in [6, 6.07) is 20.1. The highest BCUT2D eigenvalue weighted by Gasteiger charge is 2.21. The minimum atomic E-state index is -3.99. The lowest BCUT2D eigenvalue weighted by Crippen LogP contribution is -2.41. The normalized spacial score (nSPS) is 11.3. The summed E-state index contributed by atoms with van der Waals surface area (Å²) in [6.45, 7) is 0.0661. The lowest BCUT2D eigenvalue weighted by Gasteiger charge is -2.11. The number of sulfonamides is 1. The SMILES string of the molecule is O=C(NNC(=O)c1c[nH]c2ccccc12)c1ccc(Cl)c(S(=O)(=O)NCc2ccccc2)c1. The summed E-state index contributed by atoms with van der Waals surface area (Å²) in [5, 5.41) is 0.670.